The highest BCUT2D eigenvalue weighted by molar-refractivity contribution is 6.35. The maximum absolute atomic E-state index is 11.6. The monoisotopic (exact) mass is 319 g/mol. The summed E-state index contributed by atoms with van der Waals surface area (Å²) in [5, 5.41) is 13.9. The maximum atomic E-state index is 11.6. The average Bonchev–Trinajstić information content (AvgIpc) is 2.25. The number of carboxylic acid groups (broad SMARTS) is 1. The van der Waals surface area contributed by atoms with Crippen LogP contribution in [0, 0.1) is 0 Å². The van der Waals surface area contributed by atoms with Gasteiger partial charge in [0.2, 0.25) is 5.91 Å². The summed E-state index contributed by atoms with van der Waals surface area (Å²) in [5.41, 5.74) is 5.17. The van der Waals surface area contributed by atoms with E-state index in [4.69, 9.17) is 34.0 Å². The number of amides is 3. The Labute approximate surface area is 124 Å². The minimum atomic E-state index is -1.41. The molecule has 0 heterocycles. The number of urea groups is 1. The van der Waals surface area contributed by atoms with Crippen LogP contribution in [0.5, 0.6) is 0 Å². The standard InChI is InChI=1S/C11H11Cl2N3O4/c12-5-1-6(13)3-7(2-5)15-11(20)16-8(10(18)19)4-9(14)17/h1-3,8H,4H2,(H2,14,17)(H,18,19)(H2,15,16,20)/t8-/m1/s1. The molecule has 5 N–H and O–H groups in total. The molecule has 0 aliphatic carbocycles. The van der Waals surface area contributed by atoms with Crippen LogP contribution in [-0.2, 0) is 9.59 Å². The van der Waals surface area contributed by atoms with Gasteiger partial charge in [0.15, 0.2) is 0 Å². The lowest BCUT2D eigenvalue weighted by molar-refractivity contribution is -0.140. The number of anilines is 1. The van der Waals surface area contributed by atoms with Crippen molar-refractivity contribution in [3.05, 3.63) is 28.2 Å². The van der Waals surface area contributed by atoms with Crippen LogP contribution in [0.1, 0.15) is 6.42 Å². The summed E-state index contributed by atoms with van der Waals surface area (Å²) < 4.78 is 0. The molecule has 1 aromatic carbocycles. The first-order valence-corrected chi connectivity index (χ1v) is 6.08. The summed E-state index contributed by atoms with van der Waals surface area (Å²) in [7, 11) is 0. The summed E-state index contributed by atoms with van der Waals surface area (Å²) in [5.74, 6) is -2.22. The van der Waals surface area contributed by atoms with Crippen LogP contribution >= 0.6 is 23.2 Å². The minimum Gasteiger partial charge on any atom is -0.480 e. The van der Waals surface area contributed by atoms with Crippen LogP contribution in [0.2, 0.25) is 10.0 Å². The average molecular weight is 320 g/mol. The van der Waals surface area contributed by atoms with Crippen LogP contribution < -0.4 is 16.4 Å². The van der Waals surface area contributed by atoms with Gasteiger partial charge in [-0.15, -0.1) is 0 Å². The van der Waals surface area contributed by atoms with Gasteiger partial charge in [0.05, 0.1) is 6.42 Å². The lowest BCUT2D eigenvalue weighted by Gasteiger charge is -2.13. The number of aliphatic carboxylic acids is 1. The van der Waals surface area contributed by atoms with Crippen LogP contribution in [-0.4, -0.2) is 29.1 Å². The van der Waals surface area contributed by atoms with Crippen molar-refractivity contribution in [1.29, 1.82) is 0 Å². The predicted molar refractivity (Wildman–Crippen MR) is 73.9 cm³/mol. The fourth-order valence-corrected chi connectivity index (χ4v) is 1.88. The first kappa shape index (κ1) is 16.1. The summed E-state index contributed by atoms with van der Waals surface area (Å²) in [4.78, 5) is 33.1. The van der Waals surface area contributed by atoms with Crippen LogP contribution in [0.3, 0.4) is 0 Å². The van der Waals surface area contributed by atoms with Gasteiger partial charge < -0.3 is 21.5 Å². The molecule has 0 unspecified atom stereocenters. The first-order chi connectivity index (χ1) is 9.27. The van der Waals surface area contributed by atoms with Gasteiger partial charge in [-0.2, -0.15) is 0 Å². The molecule has 0 radical (unpaired) electrons. The smallest absolute Gasteiger partial charge is 0.326 e. The van der Waals surface area contributed by atoms with E-state index in [1.54, 1.807) is 0 Å². The number of hydrogen-bond donors (Lipinski definition) is 4. The van der Waals surface area contributed by atoms with Crippen molar-refractivity contribution in [2.24, 2.45) is 5.73 Å². The summed E-state index contributed by atoms with van der Waals surface area (Å²) in [6, 6.07) is 2.09. The topological polar surface area (TPSA) is 122 Å². The van der Waals surface area contributed by atoms with E-state index in [2.05, 4.69) is 10.6 Å². The Hall–Kier alpha value is -1.99. The van der Waals surface area contributed by atoms with Gasteiger partial charge in [-0.1, -0.05) is 23.2 Å². The highest BCUT2D eigenvalue weighted by atomic mass is 35.5. The third-order valence-corrected chi connectivity index (χ3v) is 2.57. The van der Waals surface area contributed by atoms with Crippen molar-refractivity contribution >= 4 is 46.8 Å². The predicted octanol–water partition coefficient (Wildman–Crippen LogP) is 1.44. The molecule has 0 bridgehead atoms. The lowest BCUT2D eigenvalue weighted by Crippen LogP contribution is -2.45. The Morgan fingerprint density at radius 2 is 1.75 bits per heavy atom. The van der Waals surface area contributed by atoms with E-state index in [0.717, 1.165) is 0 Å². The number of primary amides is 1. The Morgan fingerprint density at radius 1 is 1.20 bits per heavy atom. The number of nitrogens with one attached hydrogen (secondary N) is 2. The zero-order valence-electron chi connectivity index (χ0n) is 10.0. The Morgan fingerprint density at radius 3 is 2.20 bits per heavy atom. The highest BCUT2D eigenvalue weighted by Crippen LogP contribution is 2.22. The molecular formula is C11H11Cl2N3O4. The number of carbonyl (C=O) groups excluding carboxylic acids is 2. The van der Waals surface area contributed by atoms with Crippen molar-refractivity contribution in [2.75, 3.05) is 5.32 Å². The van der Waals surface area contributed by atoms with E-state index in [9.17, 15) is 14.4 Å². The molecule has 0 spiro atoms. The van der Waals surface area contributed by atoms with Gasteiger partial charge in [0, 0.05) is 15.7 Å². The second-order valence-electron chi connectivity index (χ2n) is 3.82. The molecule has 7 nitrogen and oxygen atoms in total. The van der Waals surface area contributed by atoms with Gasteiger partial charge in [0.25, 0.3) is 0 Å². The summed E-state index contributed by atoms with van der Waals surface area (Å²) in [6.07, 6.45) is -0.515. The number of nitrogens with two attached hydrogens (primary N) is 1. The number of hydrogen-bond acceptors (Lipinski definition) is 3. The summed E-state index contributed by atoms with van der Waals surface area (Å²) >= 11 is 11.5. The van der Waals surface area contributed by atoms with E-state index in [1.165, 1.54) is 18.2 Å². The number of halogens is 2. The Balaban J connectivity index is 2.70. The third kappa shape index (κ3) is 5.33. The fraction of sp³-hybridized carbons (Fsp3) is 0.182. The molecule has 20 heavy (non-hydrogen) atoms. The van der Waals surface area contributed by atoms with Gasteiger partial charge in [0.1, 0.15) is 6.04 Å². The van der Waals surface area contributed by atoms with Gasteiger partial charge in [-0.25, -0.2) is 9.59 Å². The lowest BCUT2D eigenvalue weighted by atomic mass is 10.2. The first-order valence-electron chi connectivity index (χ1n) is 5.32. The second-order valence-corrected chi connectivity index (χ2v) is 4.69. The van der Waals surface area contributed by atoms with E-state index >= 15 is 0 Å². The van der Waals surface area contributed by atoms with Gasteiger partial charge >= 0.3 is 12.0 Å². The molecule has 1 atom stereocenters. The van der Waals surface area contributed by atoms with E-state index < -0.39 is 30.4 Å². The molecule has 108 valence electrons. The van der Waals surface area contributed by atoms with E-state index in [1.807, 2.05) is 0 Å². The van der Waals surface area contributed by atoms with E-state index in [0.29, 0.717) is 10.0 Å². The molecule has 1 aromatic rings. The van der Waals surface area contributed by atoms with Crippen molar-refractivity contribution in [1.82, 2.24) is 5.32 Å². The molecule has 0 aliphatic rings. The van der Waals surface area contributed by atoms with Gasteiger partial charge in [-0.3, -0.25) is 4.79 Å². The summed E-state index contributed by atoms with van der Waals surface area (Å²) in [6.45, 7) is 0. The van der Waals surface area contributed by atoms with Crippen molar-refractivity contribution < 1.29 is 19.5 Å². The molecule has 0 fully saturated rings. The molecule has 0 aliphatic heterocycles. The van der Waals surface area contributed by atoms with Crippen molar-refractivity contribution in [3.8, 4) is 0 Å². The quantitative estimate of drug-likeness (QED) is 0.656. The molecule has 0 saturated heterocycles. The number of rotatable bonds is 5. The number of benzene rings is 1. The molecular weight excluding hydrogens is 309 g/mol. The van der Waals surface area contributed by atoms with Crippen LogP contribution in [0.4, 0.5) is 10.5 Å². The van der Waals surface area contributed by atoms with Crippen molar-refractivity contribution in [2.45, 2.75) is 12.5 Å². The molecule has 9 heteroatoms. The molecule has 0 saturated carbocycles. The highest BCUT2D eigenvalue weighted by Gasteiger charge is 2.22. The zero-order chi connectivity index (χ0) is 15.3. The molecule has 0 aromatic heterocycles. The second kappa shape index (κ2) is 6.97. The fourth-order valence-electron chi connectivity index (χ4n) is 1.35. The normalized spacial score (nSPS) is 11.5. The third-order valence-electron chi connectivity index (χ3n) is 2.13. The van der Waals surface area contributed by atoms with Crippen LogP contribution in [0.25, 0.3) is 0 Å². The van der Waals surface area contributed by atoms with Crippen molar-refractivity contribution in [3.63, 3.8) is 0 Å². The minimum absolute atomic E-state index is 0.281. The SMILES string of the molecule is NC(=O)C[C@@H](NC(=O)Nc1cc(Cl)cc(Cl)c1)C(=O)O. The Kier molecular flexibility index (Phi) is 5.60. The number of carbonyl (C=O) groups is 3. The zero-order valence-corrected chi connectivity index (χ0v) is 11.5. The van der Waals surface area contributed by atoms with Crippen LogP contribution in [0.15, 0.2) is 18.2 Å². The maximum Gasteiger partial charge on any atom is 0.326 e. The Bertz CT molecular complexity index is 530. The number of carboxylic acids is 1. The van der Waals surface area contributed by atoms with Gasteiger partial charge in [-0.05, 0) is 18.2 Å². The largest absolute Gasteiger partial charge is 0.480 e. The molecule has 1 rings (SSSR count). The van der Waals surface area contributed by atoms with E-state index in [-0.39, 0.29) is 5.69 Å². The molecule has 3 amide bonds.